The van der Waals surface area contributed by atoms with Crippen LogP contribution in [0, 0.1) is 0 Å². The molecule has 0 aromatic heterocycles. The van der Waals surface area contributed by atoms with E-state index in [9.17, 15) is 9.59 Å². The van der Waals surface area contributed by atoms with Crippen LogP contribution < -0.4 is 5.32 Å². The number of rotatable bonds is 5. The van der Waals surface area contributed by atoms with E-state index in [0.717, 1.165) is 0 Å². The first kappa shape index (κ1) is 12.5. The molecule has 0 aliphatic heterocycles. The van der Waals surface area contributed by atoms with Crippen molar-refractivity contribution in [2.45, 2.75) is 6.04 Å². The van der Waals surface area contributed by atoms with E-state index < -0.39 is 24.5 Å². The molecule has 6 heteroatoms. The molecule has 1 rings (SSSR count). The molecule has 3 N–H and O–H groups in total. The molecule has 1 unspecified atom stereocenters. The molecular formula is C10H10ClNO4. The summed E-state index contributed by atoms with van der Waals surface area (Å²) in [5, 5.41) is 20.3. The summed E-state index contributed by atoms with van der Waals surface area (Å²) >= 11 is 5.66. The van der Waals surface area contributed by atoms with Crippen LogP contribution in [0.15, 0.2) is 24.3 Å². The number of carbonyl (C=O) groups is 2. The minimum absolute atomic E-state index is 0.417. The molecule has 1 aromatic carbocycles. The van der Waals surface area contributed by atoms with Gasteiger partial charge in [-0.15, -0.1) is 0 Å². The molecule has 0 saturated heterocycles. The first-order valence-electron chi connectivity index (χ1n) is 4.44. The third kappa shape index (κ3) is 3.52. The van der Waals surface area contributed by atoms with Gasteiger partial charge in [0.05, 0.1) is 6.54 Å². The van der Waals surface area contributed by atoms with E-state index in [-0.39, 0.29) is 0 Å². The van der Waals surface area contributed by atoms with Gasteiger partial charge in [-0.1, -0.05) is 23.7 Å². The summed E-state index contributed by atoms with van der Waals surface area (Å²) in [6, 6.07) is 5.13. The van der Waals surface area contributed by atoms with E-state index in [1.54, 1.807) is 12.1 Å². The van der Waals surface area contributed by atoms with Crippen LogP contribution in [0.2, 0.25) is 5.02 Å². The maximum atomic E-state index is 10.9. The van der Waals surface area contributed by atoms with Gasteiger partial charge in [-0.2, -0.15) is 0 Å². The summed E-state index contributed by atoms with van der Waals surface area (Å²) in [5.74, 6) is -2.25. The largest absolute Gasteiger partial charge is 0.480 e. The lowest BCUT2D eigenvalue weighted by atomic mass is 10.1. The molecule has 0 radical (unpaired) electrons. The number of hydrogen-bond acceptors (Lipinski definition) is 3. The maximum absolute atomic E-state index is 10.9. The van der Waals surface area contributed by atoms with Crippen molar-refractivity contribution >= 4 is 23.5 Å². The number of aliphatic carboxylic acids is 2. The van der Waals surface area contributed by atoms with Crippen LogP contribution in [0.5, 0.6) is 0 Å². The van der Waals surface area contributed by atoms with Crippen LogP contribution in [0.4, 0.5) is 0 Å². The van der Waals surface area contributed by atoms with Crippen molar-refractivity contribution in [3.8, 4) is 0 Å². The molecule has 0 aliphatic carbocycles. The van der Waals surface area contributed by atoms with Gasteiger partial charge in [0.25, 0.3) is 0 Å². The average Bonchev–Trinajstić information content (AvgIpc) is 2.20. The minimum atomic E-state index is -1.14. The zero-order valence-electron chi connectivity index (χ0n) is 8.18. The highest BCUT2D eigenvalue weighted by atomic mass is 35.5. The van der Waals surface area contributed by atoms with E-state index in [2.05, 4.69) is 5.32 Å². The van der Waals surface area contributed by atoms with Gasteiger partial charge in [0.1, 0.15) is 6.04 Å². The summed E-state index contributed by atoms with van der Waals surface area (Å²) in [6.07, 6.45) is 0. The van der Waals surface area contributed by atoms with Crippen LogP contribution in [0.25, 0.3) is 0 Å². The number of hydrogen-bond donors (Lipinski definition) is 3. The van der Waals surface area contributed by atoms with Crippen molar-refractivity contribution in [3.05, 3.63) is 34.9 Å². The normalized spacial score (nSPS) is 12.1. The fraction of sp³-hybridized carbons (Fsp3) is 0.200. The van der Waals surface area contributed by atoms with E-state index in [1.807, 2.05) is 0 Å². The van der Waals surface area contributed by atoms with Gasteiger partial charge in [-0.3, -0.25) is 14.9 Å². The molecule has 1 aromatic rings. The molecule has 0 fully saturated rings. The van der Waals surface area contributed by atoms with Crippen molar-refractivity contribution in [2.24, 2.45) is 0 Å². The van der Waals surface area contributed by atoms with Crippen molar-refractivity contribution in [1.29, 1.82) is 0 Å². The van der Waals surface area contributed by atoms with E-state index in [0.29, 0.717) is 10.6 Å². The Kier molecular flexibility index (Phi) is 4.28. The van der Waals surface area contributed by atoms with Crippen molar-refractivity contribution in [3.63, 3.8) is 0 Å². The Hall–Kier alpha value is -1.59. The lowest BCUT2D eigenvalue weighted by Gasteiger charge is -2.13. The standard InChI is InChI=1S/C10H10ClNO4/c11-7-3-1-6(2-4-7)9(10(15)16)12-5-8(13)14/h1-4,9,12H,5H2,(H,13,14)(H,15,16). The highest BCUT2D eigenvalue weighted by Gasteiger charge is 2.19. The molecule has 0 saturated carbocycles. The lowest BCUT2D eigenvalue weighted by Crippen LogP contribution is -2.32. The summed E-state index contributed by atoms with van der Waals surface area (Å²) in [4.78, 5) is 21.2. The number of carboxylic acids is 2. The second-order valence-electron chi connectivity index (χ2n) is 3.10. The van der Waals surface area contributed by atoms with Crippen LogP contribution >= 0.6 is 11.6 Å². The highest BCUT2D eigenvalue weighted by molar-refractivity contribution is 6.30. The lowest BCUT2D eigenvalue weighted by molar-refractivity contribution is -0.140. The van der Waals surface area contributed by atoms with Crippen LogP contribution in [-0.4, -0.2) is 28.7 Å². The number of carboxylic acid groups (broad SMARTS) is 2. The topological polar surface area (TPSA) is 86.6 Å². The predicted octanol–water partition coefficient (Wildman–Crippen LogP) is 1.14. The molecule has 0 amide bonds. The quantitative estimate of drug-likeness (QED) is 0.722. The fourth-order valence-corrected chi connectivity index (χ4v) is 1.32. The second kappa shape index (κ2) is 5.48. The Morgan fingerprint density at radius 2 is 1.81 bits per heavy atom. The van der Waals surface area contributed by atoms with Crippen LogP contribution in [0.1, 0.15) is 11.6 Å². The molecule has 16 heavy (non-hydrogen) atoms. The minimum Gasteiger partial charge on any atom is -0.480 e. The molecular weight excluding hydrogens is 234 g/mol. The Bertz CT molecular complexity index is 390. The second-order valence-corrected chi connectivity index (χ2v) is 3.53. The fourth-order valence-electron chi connectivity index (χ4n) is 1.19. The Morgan fingerprint density at radius 1 is 1.25 bits per heavy atom. The highest BCUT2D eigenvalue weighted by Crippen LogP contribution is 2.16. The number of benzene rings is 1. The smallest absolute Gasteiger partial charge is 0.325 e. The van der Waals surface area contributed by atoms with E-state index in [1.165, 1.54) is 12.1 Å². The Balaban J connectivity index is 2.81. The van der Waals surface area contributed by atoms with Crippen LogP contribution in [-0.2, 0) is 9.59 Å². The predicted molar refractivity (Wildman–Crippen MR) is 57.5 cm³/mol. The average molecular weight is 244 g/mol. The third-order valence-corrected chi connectivity index (χ3v) is 2.16. The summed E-state index contributed by atoms with van der Waals surface area (Å²) in [5.41, 5.74) is 0.457. The first-order valence-corrected chi connectivity index (χ1v) is 4.82. The summed E-state index contributed by atoms with van der Waals surface area (Å²) < 4.78 is 0. The van der Waals surface area contributed by atoms with Gasteiger partial charge in [0.2, 0.25) is 0 Å². The third-order valence-electron chi connectivity index (χ3n) is 1.91. The van der Waals surface area contributed by atoms with Gasteiger partial charge >= 0.3 is 11.9 Å². The molecule has 86 valence electrons. The number of halogens is 1. The monoisotopic (exact) mass is 243 g/mol. The zero-order chi connectivity index (χ0) is 12.1. The SMILES string of the molecule is O=C(O)CNC(C(=O)O)c1ccc(Cl)cc1. The maximum Gasteiger partial charge on any atom is 0.325 e. The van der Waals surface area contributed by atoms with Gasteiger partial charge in [0, 0.05) is 5.02 Å². The molecule has 0 aliphatic rings. The van der Waals surface area contributed by atoms with Gasteiger partial charge in [-0.05, 0) is 17.7 Å². The Morgan fingerprint density at radius 3 is 2.25 bits per heavy atom. The van der Waals surface area contributed by atoms with E-state index in [4.69, 9.17) is 21.8 Å². The molecule has 0 spiro atoms. The molecule has 5 nitrogen and oxygen atoms in total. The van der Waals surface area contributed by atoms with Crippen molar-refractivity contribution < 1.29 is 19.8 Å². The van der Waals surface area contributed by atoms with E-state index >= 15 is 0 Å². The zero-order valence-corrected chi connectivity index (χ0v) is 8.94. The summed E-state index contributed by atoms with van der Waals surface area (Å²) in [7, 11) is 0. The summed E-state index contributed by atoms with van der Waals surface area (Å²) in [6.45, 7) is -0.417. The molecule has 0 bridgehead atoms. The van der Waals surface area contributed by atoms with Crippen molar-refractivity contribution in [2.75, 3.05) is 6.54 Å². The van der Waals surface area contributed by atoms with Crippen LogP contribution in [0.3, 0.4) is 0 Å². The van der Waals surface area contributed by atoms with Gasteiger partial charge in [0.15, 0.2) is 0 Å². The van der Waals surface area contributed by atoms with Gasteiger partial charge < -0.3 is 10.2 Å². The first-order chi connectivity index (χ1) is 7.50. The molecule has 0 heterocycles. The number of nitrogens with one attached hydrogen (secondary N) is 1. The van der Waals surface area contributed by atoms with Crippen molar-refractivity contribution in [1.82, 2.24) is 5.32 Å². The Labute approximate surface area is 96.7 Å². The molecule has 1 atom stereocenters. The van der Waals surface area contributed by atoms with Gasteiger partial charge in [-0.25, -0.2) is 0 Å².